The molecule has 0 saturated carbocycles. The van der Waals surface area contributed by atoms with E-state index in [2.05, 4.69) is 0 Å². The second-order valence-corrected chi connectivity index (χ2v) is 2.54. The van der Waals surface area contributed by atoms with Gasteiger partial charge >= 0.3 is 0 Å². The Kier molecular flexibility index (Phi) is 4.60. The van der Waals surface area contributed by atoms with E-state index in [0.717, 1.165) is 0 Å². The van der Waals surface area contributed by atoms with Gasteiger partial charge in [0.25, 0.3) is 0 Å². The van der Waals surface area contributed by atoms with Gasteiger partial charge in [-0.25, -0.2) is 0 Å². The highest BCUT2D eigenvalue weighted by Gasteiger charge is 2.17. The van der Waals surface area contributed by atoms with Gasteiger partial charge < -0.3 is 5.11 Å². The molecule has 0 fully saturated rings. The first-order chi connectivity index (χ1) is 4.57. The third-order valence-corrected chi connectivity index (χ3v) is 1.41. The highest BCUT2D eigenvalue weighted by molar-refractivity contribution is 6.66. The van der Waals surface area contributed by atoms with Crippen molar-refractivity contribution in [3.63, 3.8) is 0 Å². The van der Waals surface area contributed by atoms with E-state index in [1.54, 1.807) is 0 Å². The minimum Gasteiger partial charge on any atom is -0.396 e. The zero-order valence-electron chi connectivity index (χ0n) is 5.01. The Balaban J connectivity index is 3.83. The van der Waals surface area contributed by atoms with Crippen molar-refractivity contribution >= 4 is 33.7 Å². The minimum absolute atomic E-state index is 0.208. The largest absolute Gasteiger partial charge is 0.396 e. The molecule has 1 atom stereocenters. The summed E-state index contributed by atoms with van der Waals surface area (Å²) in [6.07, 6.45) is -0.208. The van der Waals surface area contributed by atoms with Gasteiger partial charge in [-0.15, -0.1) is 0 Å². The molecule has 5 heteroatoms. The first kappa shape index (κ1) is 9.88. The average Bonchev–Trinajstić information content (AvgIpc) is 1.81. The van der Waals surface area contributed by atoms with Crippen molar-refractivity contribution < 1.29 is 14.7 Å². The zero-order chi connectivity index (χ0) is 8.15. The number of hydrogen-bond donors (Lipinski definition) is 1. The molecule has 1 N–H and O–H groups in total. The van der Waals surface area contributed by atoms with Gasteiger partial charge in [-0.1, -0.05) is 0 Å². The maximum absolute atomic E-state index is 10.3. The SMILES string of the molecule is O=C(Cl)CC(CO)C(=O)Cl. The number of aliphatic hydroxyl groups is 1. The fourth-order valence-corrected chi connectivity index (χ4v) is 0.743. The molecular weight excluding hydrogens is 179 g/mol. The zero-order valence-corrected chi connectivity index (χ0v) is 6.52. The smallest absolute Gasteiger partial charge is 0.227 e. The first-order valence-electron chi connectivity index (χ1n) is 2.56. The van der Waals surface area contributed by atoms with Crippen LogP contribution >= 0.6 is 23.2 Å². The Morgan fingerprint density at radius 1 is 1.40 bits per heavy atom. The Hall–Kier alpha value is -0.120. The minimum atomic E-state index is -0.855. The highest BCUT2D eigenvalue weighted by Crippen LogP contribution is 2.08. The van der Waals surface area contributed by atoms with E-state index in [1.807, 2.05) is 0 Å². The molecule has 0 aliphatic rings. The number of aliphatic hydroxyl groups excluding tert-OH is 1. The van der Waals surface area contributed by atoms with Gasteiger partial charge in [0.1, 0.15) is 0 Å². The maximum atomic E-state index is 10.3. The number of rotatable bonds is 4. The van der Waals surface area contributed by atoms with Crippen LogP contribution in [0.25, 0.3) is 0 Å². The highest BCUT2D eigenvalue weighted by atomic mass is 35.5. The number of halogens is 2. The van der Waals surface area contributed by atoms with Gasteiger partial charge in [-0.2, -0.15) is 0 Å². The predicted octanol–water partition coefficient (Wildman–Crippen LogP) is 0.516. The van der Waals surface area contributed by atoms with E-state index in [9.17, 15) is 9.59 Å². The standard InChI is InChI=1S/C5H6Cl2O3/c6-4(9)1-3(2-8)5(7)10/h3,8H,1-2H2. The normalized spacial score (nSPS) is 12.7. The molecule has 0 aliphatic heterocycles. The third kappa shape index (κ3) is 3.82. The van der Waals surface area contributed by atoms with Crippen LogP contribution in [0.2, 0.25) is 0 Å². The van der Waals surface area contributed by atoms with E-state index in [1.165, 1.54) is 0 Å². The molecule has 0 aliphatic carbocycles. The third-order valence-electron chi connectivity index (χ3n) is 0.948. The van der Waals surface area contributed by atoms with Gasteiger partial charge in [0.15, 0.2) is 0 Å². The van der Waals surface area contributed by atoms with Crippen molar-refractivity contribution in [1.82, 2.24) is 0 Å². The van der Waals surface area contributed by atoms with Crippen molar-refractivity contribution in [3.05, 3.63) is 0 Å². The van der Waals surface area contributed by atoms with Gasteiger partial charge in [-0.3, -0.25) is 9.59 Å². The Morgan fingerprint density at radius 2 is 1.90 bits per heavy atom. The Labute approximate surface area is 67.9 Å². The number of carbonyl (C=O) groups is 2. The summed E-state index contributed by atoms with van der Waals surface area (Å²) in [7, 11) is 0. The summed E-state index contributed by atoms with van der Waals surface area (Å²) in [6, 6.07) is 0. The van der Waals surface area contributed by atoms with Gasteiger partial charge in [-0.05, 0) is 23.2 Å². The summed E-state index contributed by atoms with van der Waals surface area (Å²) in [6.45, 7) is -0.444. The fourth-order valence-electron chi connectivity index (χ4n) is 0.410. The molecule has 0 bridgehead atoms. The van der Waals surface area contributed by atoms with Crippen LogP contribution in [0.5, 0.6) is 0 Å². The molecule has 0 heterocycles. The van der Waals surface area contributed by atoms with E-state index >= 15 is 0 Å². The Bertz CT molecular complexity index is 146. The molecule has 3 nitrogen and oxygen atoms in total. The topological polar surface area (TPSA) is 54.4 Å². The Morgan fingerprint density at radius 3 is 2.00 bits per heavy atom. The van der Waals surface area contributed by atoms with Crippen molar-refractivity contribution in [2.24, 2.45) is 5.92 Å². The van der Waals surface area contributed by atoms with Crippen LogP contribution < -0.4 is 0 Å². The van der Waals surface area contributed by atoms with E-state index < -0.39 is 23.0 Å². The molecule has 0 aromatic heterocycles. The van der Waals surface area contributed by atoms with Crippen molar-refractivity contribution in [1.29, 1.82) is 0 Å². The fraction of sp³-hybridized carbons (Fsp3) is 0.600. The monoisotopic (exact) mass is 184 g/mol. The van der Waals surface area contributed by atoms with Gasteiger partial charge in [0.05, 0.1) is 12.5 Å². The second kappa shape index (κ2) is 4.66. The van der Waals surface area contributed by atoms with Gasteiger partial charge in [0, 0.05) is 6.42 Å². The lowest BCUT2D eigenvalue weighted by molar-refractivity contribution is -0.120. The molecule has 1 unspecified atom stereocenters. The lowest BCUT2D eigenvalue weighted by Gasteiger charge is -2.03. The van der Waals surface area contributed by atoms with Gasteiger partial charge in [0.2, 0.25) is 10.5 Å². The van der Waals surface area contributed by atoms with Crippen molar-refractivity contribution in [2.45, 2.75) is 6.42 Å². The summed E-state index contributed by atoms with van der Waals surface area (Å²) in [5.74, 6) is -0.855. The summed E-state index contributed by atoms with van der Waals surface area (Å²) >= 11 is 9.91. The molecule has 0 amide bonds. The van der Waals surface area contributed by atoms with Crippen LogP contribution in [0.1, 0.15) is 6.42 Å². The summed E-state index contributed by atoms with van der Waals surface area (Å²) in [4.78, 5) is 20.5. The average molecular weight is 185 g/mol. The summed E-state index contributed by atoms with van der Waals surface area (Å²) in [5, 5.41) is 7.02. The van der Waals surface area contributed by atoms with Crippen LogP contribution in [0.3, 0.4) is 0 Å². The quantitative estimate of drug-likeness (QED) is 0.649. The summed E-state index contributed by atoms with van der Waals surface area (Å²) < 4.78 is 0. The first-order valence-corrected chi connectivity index (χ1v) is 3.32. The van der Waals surface area contributed by atoms with E-state index in [0.29, 0.717) is 0 Å². The molecule has 0 aromatic carbocycles. The van der Waals surface area contributed by atoms with Crippen molar-refractivity contribution in [2.75, 3.05) is 6.61 Å². The predicted molar refractivity (Wildman–Crippen MR) is 36.9 cm³/mol. The summed E-state index contributed by atoms with van der Waals surface area (Å²) in [5.41, 5.74) is 0. The number of carbonyl (C=O) groups excluding carboxylic acids is 2. The molecule has 0 rings (SSSR count). The molecule has 0 spiro atoms. The van der Waals surface area contributed by atoms with Crippen LogP contribution in [0, 0.1) is 5.92 Å². The maximum Gasteiger partial charge on any atom is 0.227 e. The lowest BCUT2D eigenvalue weighted by Crippen LogP contribution is -2.15. The molecule has 0 aromatic rings. The molecule has 0 radical (unpaired) electrons. The van der Waals surface area contributed by atoms with E-state index in [-0.39, 0.29) is 6.42 Å². The van der Waals surface area contributed by atoms with Crippen LogP contribution in [-0.2, 0) is 9.59 Å². The lowest BCUT2D eigenvalue weighted by atomic mass is 10.1. The van der Waals surface area contributed by atoms with Crippen LogP contribution in [-0.4, -0.2) is 22.2 Å². The number of hydrogen-bond acceptors (Lipinski definition) is 3. The van der Waals surface area contributed by atoms with E-state index in [4.69, 9.17) is 28.3 Å². The molecule has 10 heavy (non-hydrogen) atoms. The molecular formula is C5H6Cl2O3. The van der Waals surface area contributed by atoms with Crippen LogP contribution in [0.4, 0.5) is 0 Å². The molecule has 58 valence electrons. The van der Waals surface area contributed by atoms with Crippen molar-refractivity contribution in [3.8, 4) is 0 Å². The molecule has 0 saturated heterocycles. The second-order valence-electron chi connectivity index (χ2n) is 1.74. The van der Waals surface area contributed by atoms with Crippen LogP contribution in [0.15, 0.2) is 0 Å².